The number of carboxylic acids is 1. The van der Waals surface area contributed by atoms with Crippen molar-refractivity contribution in [1.82, 2.24) is 4.98 Å². The molecule has 0 fully saturated rings. The van der Waals surface area contributed by atoms with Crippen molar-refractivity contribution in [2.24, 2.45) is 0 Å². The zero-order chi connectivity index (χ0) is 15.9. The van der Waals surface area contributed by atoms with Crippen molar-refractivity contribution >= 4 is 16.9 Å². The lowest BCUT2D eigenvalue weighted by Crippen LogP contribution is -2.11. The minimum absolute atomic E-state index is 0.123. The van der Waals surface area contributed by atoms with E-state index in [-0.39, 0.29) is 11.0 Å². The zero-order valence-electron chi connectivity index (χ0n) is 12.3. The van der Waals surface area contributed by atoms with E-state index in [4.69, 9.17) is 0 Å². The van der Waals surface area contributed by atoms with Crippen molar-refractivity contribution in [3.05, 3.63) is 69.5 Å². The number of nitrogens with one attached hydrogen (secondary N) is 1. The molecule has 22 heavy (non-hydrogen) atoms. The Morgan fingerprint density at radius 3 is 2.41 bits per heavy atom. The number of aromatic nitrogens is 1. The summed E-state index contributed by atoms with van der Waals surface area (Å²) in [7, 11) is 0. The first-order chi connectivity index (χ1) is 10.5. The normalized spacial score (nSPS) is 10.8. The maximum Gasteiger partial charge on any atom is 0.335 e. The topological polar surface area (TPSA) is 70.2 Å². The van der Waals surface area contributed by atoms with E-state index in [1.54, 1.807) is 13.0 Å². The molecule has 0 aliphatic rings. The lowest BCUT2D eigenvalue weighted by atomic mass is 9.98. The van der Waals surface area contributed by atoms with Gasteiger partial charge in [0.25, 0.3) is 0 Å². The van der Waals surface area contributed by atoms with Crippen molar-refractivity contribution < 1.29 is 9.90 Å². The fraction of sp³-hybridized carbons (Fsp3) is 0.111. The van der Waals surface area contributed by atoms with Crippen molar-refractivity contribution in [1.29, 1.82) is 0 Å². The second-order valence-electron chi connectivity index (χ2n) is 5.34. The van der Waals surface area contributed by atoms with Crippen LogP contribution in [-0.4, -0.2) is 16.1 Å². The van der Waals surface area contributed by atoms with Gasteiger partial charge < -0.3 is 10.1 Å². The van der Waals surface area contributed by atoms with E-state index in [1.807, 2.05) is 37.3 Å². The molecule has 2 N–H and O–H groups in total. The summed E-state index contributed by atoms with van der Waals surface area (Å²) in [6.45, 7) is 3.65. The number of rotatable bonds is 2. The number of aromatic amines is 1. The van der Waals surface area contributed by atoms with E-state index >= 15 is 0 Å². The number of H-pyrrole nitrogens is 1. The molecule has 0 aliphatic heterocycles. The first-order valence-corrected chi connectivity index (χ1v) is 6.95. The van der Waals surface area contributed by atoms with Crippen molar-refractivity contribution in [2.75, 3.05) is 0 Å². The third kappa shape index (κ3) is 2.19. The average Bonchev–Trinajstić information content (AvgIpc) is 2.49. The molecule has 4 nitrogen and oxygen atoms in total. The van der Waals surface area contributed by atoms with Gasteiger partial charge in [0.05, 0.1) is 11.1 Å². The fourth-order valence-corrected chi connectivity index (χ4v) is 2.76. The third-order valence-corrected chi connectivity index (χ3v) is 3.80. The second kappa shape index (κ2) is 5.15. The van der Waals surface area contributed by atoms with Crippen LogP contribution in [0, 0.1) is 13.8 Å². The van der Waals surface area contributed by atoms with Gasteiger partial charge in [0, 0.05) is 16.6 Å². The molecule has 1 aromatic heterocycles. The number of carboxylic acid groups (broad SMARTS) is 1. The number of hydrogen-bond acceptors (Lipinski definition) is 2. The third-order valence-electron chi connectivity index (χ3n) is 3.80. The first kappa shape index (κ1) is 14.1. The Kier molecular flexibility index (Phi) is 3.29. The molecule has 4 heteroatoms. The van der Waals surface area contributed by atoms with Crippen LogP contribution in [0.2, 0.25) is 0 Å². The van der Waals surface area contributed by atoms with Crippen LogP contribution in [0.3, 0.4) is 0 Å². The van der Waals surface area contributed by atoms with Gasteiger partial charge in [-0.1, -0.05) is 30.3 Å². The average molecular weight is 293 g/mol. The molecule has 1 heterocycles. The van der Waals surface area contributed by atoms with Gasteiger partial charge in [0.2, 0.25) is 0 Å². The minimum Gasteiger partial charge on any atom is -0.478 e. The van der Waals surface area contributed by atoms with Crippen LogP contribution in [0.15, 0.2) is 47.3 Å². The highest BCUT2D eigenvalue weighted by Gasteiger charge is 2.15. The smallest absolute Gasteiger partial charge is 0.335 e. The Balaban J connectivity index is 2.42. The molecule has 0 saturated carbocycles. The van der Waals surface area contributed by atoms with Gasteiger partial charge in [-0.05, 0) is 37.1 Å². The lowest BCUT2D eigenvalue weighted by Gasteiger charge is -2.11. The summed E-state index contributed by atoms with van der Waals surface area (Å²) in [5.41, 5.74) is 3.58. The standard InChI is InChI=1S/C18H15NO3/c1-10-8-13(18(21)22)9-14-16(10)19-11(2)15(17(14)20)12-6-4-3-5-7-12/h3-9H,1-2H3,(H,19,20)(H,21,22). The van der Waals surface area contributed by atoms with Gasteiger partial charge in [-0.25, -0.2) is 4.79 Å². The van der Waals surface area contributed by atoms with Crippen LogP contribution in [-0.2, 0) is 0 Å². The second-order valence-corrected chi connectivity index (χ2v) is 5.34. The molecule has 0 unspecified atom stereocenters. The number of aromatic carboxylic acids is 1. The van der Waals surface area contributed by atoms with Gasteiger partial charge in [0.15, 0.2) is 5.43 Å². The summed E-state index contributed by atoms with van der Waals surface area (Å²) in [5.74, 6) is -1.04. The van der Waals surface area contributed by atoms with Gasteiger partial charge in [-0.3, -0.25) is 4.79 Å². The highest BCUT2D eigenvalue weighted by atomic mass is 16.4. The lowest BCUT2D eigenvalue weighted by molar-refractivity contribution is 0.0697. The number of fused-ring (bicyclic) bond motifs is 1. The van der Waals surface area contributed by atoms with E-state index in [9.17, 15) is 14.7 Å². The maximum absolute atomic E-state index is 12.9. The summed E-state index contributed by atoms with van der Waals surface area (Å²) in [5, 5.41) is 9.59. The Hall–Kier alpha value is -2.88. The highest BCUT2D eigenvalue weighted by Crippen LogP contribution is 2.24. The van der Waals surface area contributed by atoms with Crippen molar-refractivity contribution in [3.63, 3.8) is 0 Å². The van der Waals surface area contributed by atoms with Gasteiger partial charge in [0.1, 0.15) is 0 Å². The van der Waals surface area contributed by atoms with Gasteiger partial charge >= 0.3 is 5.97 Å². The molecule has 110 valence electrons. The highest BCUT2D eigenvalue weighted by molar-refractivity contribution is 5.96. The molecule has 0 aliphatic carbocycles. The molecule has 0 bridgehead atoms. The quantitative estimate of drug-likeness (QED) is 0.759. The predicted molar refractivity (Wildman–Crippen MR) is 86.4 cm³/mol. The molecule has 0 atom stereocenters. The van der Waals surface area contributed by atoms with E-state index in [1.165, 1.54) is 6.07 Å². The summed E-state index contributed by atoms with van der Waals surface area (Å²) in [4.78, 5) is 27.3. The molecule has 3 rings (SSSR count). The van der Waals surface area contributed by atoms with Crippen LogP contribution < -0.4 is 5.43 Å². The molecule has 3 aromatic rings. The summed E-state index contributed by atoms with van der Waals surface area (Å²) in [6, 6.07) is 12.4. The predicted octanol–water partition coefficient (Wildman–Crippen LogP) is 3.51. The van der Waals surface area contributed by atoms with Crippen LogP contribution in [0.1, 0.15) is 21.6 Å². The number of hydrogen-bond donors (Lipinski definition) is 2. The summed E-state index contributed by atoms with van der Waals surface area (Å²) < 4.78 is 0. The molecule has 0 radical (unpaired) electrons. The molecule has 2 aromatic carbocycles. The van der Waals surface area contributed by atoms with E-state index in [0.717, 1.165) is 16.8 Å². The molecule has 0 amide bonds. The number of carbonyl (C=O) groups is 1. The largest absolute Gasteiger partial charge is 0.478 e. The SMILES string of the molecule is Cc1[nH]c2c(C)cc(C(=O)O)cc2c(=O)c1-c1ccccc1. The van der Waals surface area contributed by atoms with Crippen LogP contribution >= 0.6 is 0 Å². The van der Waals surface area contributed by atoms with E-state index in [2.05, 4.69) is 4.98 Å². The van der Waals surface area contributed by atoms with E-state index < -0.39 is 5.97 Å². The van der Waals surface area contributed by atoms with Crippen molar-refractivity contribution in [3.8, 4) is 11.1 Å². The van der Waals surface area contributed by atoms with Crippen LogP contribution in [0.25, 0.3) is 22.0 Å². The molecular weight excluding hydrogens is 278 g/mol. The Labute approximate surface area is 127 Å². The summed E-state index contributed by atoms with van der Waals surface area (Å²) in [6.07, 6.45) is 0. The van der Waals surface area contributed by atoms with Crippen molar-refractivity contribution in [2.45, 2.75) is 13.8 Å². The van der Waals surface area contributed by atoms with Crippen LogP contribution in [0.4, 0.5) is 0 Å². The summed E-state index contributed by atoms with van der Waals surface area (Å²) >= 11 is 0. The van der Waals surface area contributed by atoms with Gasteiger partial charge in [-0.2, -0.15) is 0 Å². The van der Waals surface area contributed by atoms with E-state index in [0.29, 0.717) is 16.5 Å². The monoisotopic (exact) mass is 293 g/mol. The molecule has 0 saturated heterocycles. The number of pyridine rings is 1. The van der Waals surface area contributed by atoms with Crippen LogP contribution in [0.5, 0.6) is 0 Å². The number of aryl methyl sites for hydroxylation is 2. The molecular formula is C18H15NO3. The Morgan fingerprint density at radius 1 is 1.09 bits per heavy atom. The fourth-order valence-electron chi connectivity index (χ4n) is 2.76. The maximum atomic E-state index is 12.9. The molecule has 0 spiro atoms. The Bertz CT molecular complexity index is 940. The number of benzene rings is 2. The van der Waals surface area contributed by atoms with Gasteiger partial charge in [-0.15, -0.1) is 0 Å². The minimum atomic E-state index is -1.04. The first-order valence-electron chi connectivity index (χ1n) is 6.95. The Morgan fingerprint density at radius 2 is 1.77 bits per heavy atom. The zero-order valence-corrected chi connectivity index (χ0v) is 12.3.